The van der Waals surface area contributed by atoms with Gasteiger partial charge in [0.25, 0.3) is 0 Å². The molecule has 0 radical (unpaired) electrons. The molecule has 0 aliphatic heterocycles. The zero-order valence-corrected chi connectivity index (χ0v) is 11.1. The number of rotatable bonds is 3. The molecule has 0 atom stereocenters. The van der Waals surface area contributed by atoms with Crippen LogP contribution in [0.25, 0.3) is 11.5 Å². The van der Waals surface area contributed by atoms with Crippen LogP contribution in [0.3, 0.4) is 0 Å². The third kappa shape index (κ3) is 2.18. The first kappa shape index (κ1) is 12.7. The summed E-state index contributed by atoms with van der Waals surface area (Å²) in [5.41, 5.74) is 1.77. The molecule has 2 aromatic heterocycles. The molecule has 5 nitrogen and oxygen atoms in total. The second-order valence-corrected chi connectivity index (χ2v) is 4.43. The maximum atomic E-state index is 9.46. The topological polar surface area (TPSA) is 70.3 Å². The van der Waals surface area contributed by atoms with Crippen molar-refractivity contribution in [3.8, 4) is 23.6 Å². The molecular formula is C16H11N5. The van der Waals surface area contributed by atoms with Gasteiger partial charge in [0.2, 0.25) is 0 Å². The molecule has 1 aromatic carbocycles. The normalized spacial score (nSPS) is 10.0. The van der Waals surface area contributed by atoms with E-state index in [0.717, 1.165) is 5.69 Å². The van der Waals surface area contributed by atoms with Gasteiger partial charge in [-0.15, -0.1) is 0 Å². The second kappa shape index (κ2) is 5.36. The fourth-order valence-corrected chi connectivity index (χ4v) is 2.23. The lowest BCUT2D eigenvalue weighted by molar-refractivity contribution is 0.809. The predicted octanol–water partition coefficient (Wildman–Crippen LogP) is 2.60. The molecule has 3 rings (SSSR count). The van der Waals surface area contributed by atoms with Crippen LogP contribution < -0.4 is 0 Å². The van der Waals surface area contributed by atoms with Gasteiger partial charge in [-0.1, -0.05) is 18.2 Å². The van der Waals surface area contributed by atoms with E-state index in [9.17, 15) is 5.26 Å². The number of benzene rings is 1. The third-order valence-electron chi connectivity index (χ3n) is 3.14. The molecule has 0 bridgehead atoms. The number of aromatic nitrogens is 3. The van der Waals surface area contributed by atoms with Crippen molar-refractivity contribution < 1.29 is 0 Å². The molecule has 0 aliphatic rings. The monoisotopic (exact) mass is 273 g/mol. The largest absolute Gasteiger partial charge is 0.307 e. The summed E-state index contributed by atoms with van der Waals surface area (Å²) in [7, 11) is 0. The predicted molar refractivity (Wildman–Crippen MR) is 76.9 cm³/mol. The van der Waals surface area contributed by atoms with Crippen molar-refractivity contribution in [1.82, 2.24) is 14.3 Å². The van der Waals surface area contributed by atoms with Crippen molar-refractivity contribution in [3.05, 3.63) is 66.1 Å². The van der Waals surface area contributed by atoms with E-state index >= 15 is 0 Å². The van der Waals surface area contributed by atoms with Gasteiger partial charge in [0.1, 0.15) is 11.6 Å². The fraction of sp³-hybridized carbons (Fsp3) is 0.0625. The summed E-state index contributed by atoms with van der Waals surface area (Å²) in [5.74, 6) is 0.652. The SMILES string of the molecule is N#CCc1nn(-c2ccccc2)c(-n2cccc2)c1C#N. The number of hydrogen-bond acceptors (Lipinski definition) is 3. The summed E-state index contributed by atoms with van der Waals surface area (Å²) in [6, 6.07) is 17.6. The van der Waals surface area contributed by atoms with E-state index < -0.39 is 0 Å². The van der Waals surface area contributed by atoms with Gasteiger partial charge < -0.3 is 4.57 Å². The summed E-state index contributed by atoms with van der Waals surface area (Å²) < 4.78 is 3.53. The number of para-hydroxylation sites is 1. The van der Waals surface area contributed by atoms with Crippen LogP contribution in [0, 0.1) is 22.7 Å². The molecule has 0 saturated heterocycles. The Kier molecular flexibility index (Phi) is 3.24. The van der Waals surface area contributed by atoms with Crippen LogP contribution in [0.2, 0.25) is 0 Å². The van der Waals surface area contributed by atoms with Crippen LogP contribution in [-0.4, -0.2) is 14.3 Å². The van der Waals surface area contributed by atoms with Crippen molar-refractivity contribution in [2.45, 2.75) is 6.42 Å². The number of hydrogen-bond donors (Lipinski definition) is 0. The molecule has 0 saturated carbocycles. The average Bonchev–Trinajstić information content (AvgIpc) is 3.15. The van der Waals surface area contributed by atoms with E-state index in [1.54, 1.807) is 4.68 Å². The standard InChI is InChI=1S/C16H11N5/c17-9-8-15-14(12-18)16(20-10-4-5-11-20)21(19-15)13-6-2-1-3-7-13/h1-7,10-11H,8H2. The molecule has 0 fully saturated rings. The fourth-order valence-electron chi connectivity index (χ4n) is 2.23. The van der Waals surface area contributed by atoms with Crippen LogP contribution in [0.1, 0.15) is 11.3 Å². The Morgan fingerprint density at radius 3 is 2.33 bits per heavy atom. The highest BCUT2D eigenvalue weighted by Gasteiger charge is 2.19. The highest BCUT2D eigenvalue weighted by atomic mass is 15.3. The highest BCUT2D eigenvalue weighted by Crippen LogP contribution is 2.22. The maximum Gasteiger partial charge on any atom is 0.158 e. The van der Waals surface area contributed by atoms with E-state index in [4.69, 9.17) is 5.26 Å². The molecule has 5 heteroatoms. The minimum Gasteiger partial charge on any atom is -0.307 e. The van der Waals surface area contributed by atoms with Gasteiger partial charge in [0.15, 0.2) is 5.82 Å². The molecular weight excluding hydrogens is 262 g/mol. The molecule has 0 unspecified atom stereocenters. The Bertz CT molecular complexity index is 829. The molecule has 0 spiro atoms. The molecule has 0 amide bonds. The van der Waals surface area contributed by atoms with E-state index in [2.05, 4.69) is 17.2 Å². The van der Waals surface area contributed by atoms with Gasteiger partial charge in [-0.3, -0.25) is 0 Å². The van der Waals surface area contributed by atoms with E-state index in [1.807, 2.05) is 59.4 Å². The van der Waals surface area contributed by atoms with E-state index in [1.165, 1.54) is 0 Å². The van der Waals surface area contributed by atoms with E-state index in [-0.39, 0.29) is 6.42 Å². The van der Waals surface area contributed by atoms with Gasteiger partial charge in [0.05, 0.1) is 23.9 Å². The van der Waals surface area contributed by atoms with Crippen molar-refractivity contribution in [1.29, 1.82) is 10.5 Å². The lowest BCUT2D eigenvalue weighted by Crippen LogP contribution is -2.04. The van der Waals surface area contributed by atoms with Crippen molar-refractivity contribution >= 4 is 0 Å². The minimum absolute atomic E-state index is 0.108. The smallest absolute Gasteiger partial charge is 0.158 e. The highest BCUT2D eigenvalue weighted by molar-refractivity contribution is 5.53. The lowest BCUT2D eigenvalue weighted by Gasteiger charge is -2.08. The quantitative estimate of drug-likeness (QED) is 0.736. The lowest BCUT2D eigenvalue weighted by atomic mass is 10.2. The van der Waals surface area contributed by atoms with Crippen LogP contribution in [-0.2, 0) is 6.42 Å². The van der Waals surface area contributed by atoms with E-state index in [0.29, 0.717) is 17.1 Å². The molecule has 3 aromatic rings. The summed E-state index contributed by atoms with van der Waals surface area (Å²) in [4.78, 5) is 0. The van der Waals surface area contributed by atoms with Crippen LogP contribution in [0.4, 0.5) is 0 Å². The first-order valence-electron chi connectivity index (χ1n) is 6.43. The Hall–Kier alpha value is -3.31. The summed E-state index contributed by atoms with van der Waals surface area (Å²) in [5, 5.41) is 22.8. The van der Waals surface area contributed by atoms with Crippen LogP contribution >= 0.6 is 0 Å². The Morgan fingerprint density at radius 2 is 1.71 bits per heavy atom. The Balaban J connectivity index is 2.29. The van der Waals surface area contributed by atoms with Crippen molar-refractivity contribution in [3.63, 3.8) is 0 Å². The zero-order chi connectivity index (χ0) is 14.7. The zero-order valence-electron chi connectivity index (χ0n) is 11.1. The van der Waals surface area contributed by atoms with Crippen LogP contribution in [0.15, 0.2) is 54.9 Å². The summed E-state index contributed by atoms with van der Waals surface area (Å²) >= 11 is 0. The first-order chi connectivity index (χ1) is 10.3. The molecule has 0 aliphatic carbocycles. The average molecular weight is 273 g/mol. The number of nitriles is 2. The van der Waals surface area contributed by atoms with Gasteiger partial charge in [-0.2, -0.15) is 15.6 Å². The third-order valence-corrected chi connectivity index (χ3v) is 3.14. The number of nitrogens with zero attached hydrogens (tertiary/aromatic N) is 5. The molecule has 0 N–H and O–H groups in total. The molecule has 21 heavy (non-hydrogen) atoms. The van der Waals surface area contributed by atoms with Crippen molar-refractivity contribution in [2.24, 2.45) is 0 Å². The van der Waals surface area contributed by atoms with Gasteiger partial charge >= 0.3 is 0 Å². The Labute approximate surface area is 121 Å². The van der Waals surface area contributed by atoms with Gasteiger partial charge in [0, 0.05) is 12.4 Å². The maximum absolute atomic E-state index is 9.46. The van der Waals surface area contributed by atoms with Gasteiger partial charge in [-0.05, 0) is 24.3 Å². The first-order valence-corrected chi connectivity index (χ1v) is 6.43. The summed E-state index contributed by atoms with van der Waals surface area (Å²) in [6.07, 6.45) is 3.82. The van der Waals surface area contributed by atoms with Crippen LogP contribution in [0.5, 0.6) is 0 Å². The van der Waals surface area contributed by atoms with Gasteiger partial charge in [-0.25, -0.2) is 4.68 Å². The van der Waals surface area contributed by atoms with Crippen molar-refractivity contribution in [2.75, 3.05) is 0 Å². The minimum atomic E-state index is 0.108. The second-order valence-electron chi connectivity index (χ2n) is 4.43. The summed E-state index contributed by atoms with van der Waals surface area (Å²) in [6.45, 7) is 0. The Morgan fingerprint density at radius 1 is 1.00 bits per heavy atom. The molecule has 100 valence electrons. The molecule has 2 heterocycles.